The Hall–Kier alpha value is 0.01000. The maximum Gasteiger partial charge on any atom is 0.334 e. The van der Waals surface area contributed by atoms with Gasteiger partial charge in [0.05, 0.1) is 13.1 Å². The molecule has 0 spiro atoms. The van der Waals surface area contributed by atoms with Crippen LogP contribution < -0.4 is 17.3 Å². The smallest absolute Gasteiger partial charge is 0.334 e. The molecular weight excluding hydrogens is 225 g/mol. The molecule has 3 heterocycles. The summed E-state index contributed by atoms with van der Waals surface area (Å²) in [6.45, 7) is 2.28. The highest BCUT2D eigenvalue weighted by atomic mass is 35.5. The lowest BCUT2D eigenvalue weighted by atomic mass is 9.89. The van der Waals surface area contributed by atoms with E-state index in [9.17, 15) is 4.79 Å². The Kier molecular flexibility index (Phi) is 2.45. The summed E-state index contributed by atoms with van der Waals surface area (Å²) in [6, 6.07) is 0.246. The van der Waals surface area contributed by atoms with Crippen LogP contribution in [0.5, 0.6) is 0 Å². The first-order valence-corrected chi connectivity index (χ1v) is 5.34. The lowest BCUT2D eigenvalue weighted by Crippen LogP contribution is -3.17. The topological polar surface area (TPSA) is 30.7 Å². The molecule has 4 atom stereocenters. The van der Waals surface area contributed by atoms with Crippen molar-refractivity contribution in [2.45, 2.75) is 36.3 Å². The van der Waals surface area contributed by atoms with Crippen LogP contribution in [-0.4, -0.2) is 36.1 Å². The Labute approximate surface area is 94.1 Å². The third kappa shape index (κ3) is 1.12. The summed E-state index contributed by atoms with van der Waals surface area (Å²) in [5.41, 5.74) is 0. The van der Waals surface area contributed by atoms with Gasteiger partial charge in [0.2, 0.25) is 0 Å². The van der Waals surface area contributed by atoms with Crippen LogP contribution in [0.3, 0.4) is 0 Å². The van der Waals surface area contributed by atoms with E-state index in [0.717, 1.165) is 32.4 Å². The van der Waals surface area contributed by atoms with Crippen molar-refractivity contribution in [3.63, 3.8) is 0 Å². The standard InChI is InChI=1S/C9H12ClNO2.ClH/c10-9-3-1-4-11-5-2-6(7(9)11)13-8(9)12;/h6-7H,1-5H2;1H/t6-,7+,9-;/m1./s1. The molecule has 0 aromatic carbocycles. The Morgan fingerprint density at radius 3 is 3.07 bits per heavy atom. The van der Waals surface area contributed by atoms with Gasteiger partial charge in [0.1, 0.15) is 0 Å². The van der Waals surface area contributed by atoms with Crippen LogP contribution >= 0.6 is 11.6 Å². The Morgan fingerprint density at radius 1 is 1.50 bits per heavy atom. The second kappa shape index (κ2) is 3.26. The monoisotopic (exact) mass is 237 g/mol. The Balaban J connectivity index is 0.000000750. The van der Waals surface area contributed by atoms with Gasteiger partial charge >= 0.3 is 5.97 Å². The van der Waals surface area contributed by atoms with Gasteiger partial charge < -0.3 is 22.0 Å². The van der Waals surface area contributed by atoms with E-state index in [-0.39, 0.29) is 30.5 Å². The van der Waals surface area contributed by atoms with Crippen LogP contribution in [0.15, 0.2) is 0 Å². The highest BCUT2D eigenvalue weighted by Crippen LogP contribution is 2.39. The van der Waals surface area contributed by atoms with Crippen LogP contribution in [0.1, 0.15) is 19.3 Å². The number of halogens is 2. The second-order valence-electron chi connectivity index (χ2n) is 4.33. The van der Waals surface area contributed by atoms with E-state index in [1.165, 1.54) is 4.90 Å². The van der Waals surface area contributed by atoms with Crippen molar-refractivity contribution in [1.29, 1.82) is 0 Å². The number of carbonyl (C=O) groups is 1. The van der Waals surface area contributed by atoms with Gasteiger partial charge in [-0.25, -0.2) is 4.79 Å². The number of nitrogens with one attached hydrogen (secondary N) is 1. The summed E-state index contributed by atoms with van der Waals surface area (Å²) in [4.78, 5) is 12.4. The van der Waals surface area contributed by atoms with Gasteiger partial charge in [0.15, 0.2) is 17.0 Å². The molecule has 3 saturated heterocycles. The maximum absolute atomic E-state index is 11.6. The van der Waals surface area contributed by atoms with E-state index in [2.05, 4.69) is 0 Å². The third-order valence-corrected chi connectivity index (χ3v) is 4.27. The predicted octanol–water partition coefficient (Wildman–Crippen LogP) is -3.66. The summed E-state index contributed by atoms with van der Waals surface area (Å²) in [5.74, 6) is -0.166. The number of hydrogen-bond acceptors (Lipinski definition) is 2. The summed E-state index contributed by atoms with van der Waals surface area (Å²) in [5, 5.41) is 0. The quantitative estimate of drug-likeness (QED) is 0.348. The average Bonchev–Trinajstić information content (AvgIpc) is 2.59. The molecule has 3 rings (SSSR count). The zero-order valence-electron chi connectivity index (χ0n) is 7.76. The molecule has 1 unspecified atom stereocenters. The molecule has 14 heavy (non-hydrogen) atoms. The third-order valence-electron chi connectivity index (χ3n) is 3.69. The lowest BCUT2D eigenvalue weighted by molar-refractivity contribution is -0.918. The normalized spacial score (nSPS) is 49.5. The zero-order valence-corrected chi connectivity index (χ0v) is 9.27. The van der Waals surface area contributed by atoms with Gasteiger partial charge in [0.25, 0.3) is 0 Å². The molecular formula is C9H13Cl2NO2. The Morgan fingerprint density at radius 2 is 2.29 bits per heavy atom. The molecule has 3 aliphatic rings. The van der Waals surface area contributed by atoms with Crippen LogP contribution in [0, 0.1) is 0 Å². The fourth-order valence-corrected chi connectivity index (χ4v) is 3.60. The van der Waals surface area contributed by atoms with Crippen LogP contribution in [0.25, 0.3) is 0 Å². The SMILES string of the molecule is O=C1O[C@@H]2CC[NH+]3CCC[C@@]1(Cl)[C@H]23.[Cl-]. The van der Waals surface area contributed by atoms with Gasteiger partial charge in [0, 0.05) is 6.42 Å². The number of hydrogen-bond donors (Lipinski definition) is 1. The maximum atomic E-state index is 11.6. The number of carbonyl (C=O) groups excluding carboxylic acids is 1. The molecule has 5 heteroatoms. The first-order chi connectivity index (χ1) is 6.22. The van der Waals surface area contributed by atoms with Gasteiger partial charge in [-0.2, -0.15) is 0 Å². The van der Waals surface area contributed by atoms with Crippen molar-refractivity contribution >= 4 is 17.6 Å². The van der Waals surface area contributed by atoms with Crippen molar-refractivity contribution < 1.29 is 26.8 Å². The molecule has 0 aromatic heterocycles. The number of esters is 1. The van der Waals surface area contributed by atoms with E-state index in [0.29, 0.717) is 0 Å². The summed E-state index contributed by atoms with van der Waals surface area (Å²) in [7, 11) is 0. The molecule has 0 saturated carbocycles. The van der Waals surface area contributed by atoms with Crippen molar-refractivity contribution in [1.82, 2.24) is 0 Å². The fraction of sp³-hybridized carbons (Fsp3) is 0.889. The summed E-state index contributed by atoms with van der Waals surface area (Å²) < 4.78 is 5.31. The first kappa shape index (κ1) is 10.5. The van der Waals surface area contributed by atoms with E-state index < -0.39 is 4.87 Å². The minimum atomic E-state index is -0.672. The number of ether oxygens (including phenoxy) is 1. The van der Waals surface area contributed by atoms with Crippen LogP contribution in [-0.2, 0) is 9.53 Å². The van der Waals surface area contributed by atoms with Crippen molar-refractivity contribution in [2.75, 3.05) is 13.1 Å². The molecule has 0 aromatic rings. The molecule has 0 aliphatic carbocycles. The van der Waals surface area contributed by atoms with Gasteiger partial charge in [-0.1, -0.05) is 11.6 Å². The van der Waals surface area contributed by atoms with E-state index in [1.807, 2.05) is 0 Å². The number of alkyl halides is 1. The van der Waals surface area contributed by atoms with Crippen molar-refractivity contribution in [3.05, 3.63) is 0 Å². The molecule has 3 aliphatic heterocycles. The van der Waals surface area contributed by atoms with E-state index >= 15 is 0 Å². The van der Waals surface area contributed by atoms with E-state index in [4.69, 9.17) is 16.3 Å². The fourth-order valence-electron chi connectivity index (χ4n) is 3.13. The van der Waals surface area contributed by atoms with Gasteiger partial charge in [-0.15, -0.1) is 0 Å². The molecule has 1 N–H and O–H groups in total. The van der Waals surface area contributed by atoms with E-state index in [1.54, 1.807) is 0 Å². The molecule has 3 fully saturated rings. The zero-order chi connectivity index (χ0) is 9.05. The predicted molar refractivity (Wildman–Crippen MR) is 46.8 cm³/mol. The number of piperidine rings is 1. The number of quaternary nitrogens is 1. The number of rotatable bonds is 0. The van der Waals surface area contributed by atoms with Crippen molar-refractivity contribution in [2.24, 2.45) is 0 Å². The van der Waals surface area contributed by atoms with Crippen LogP contribution in [0.2, 0.25) is 0 Å². The average molecular weight is 238 g/mol. The van der Waals surface area contributed by atoms with Crippen LogP contribution in [0.4, 0.5) is 0 Å². The van der Waals surface area contributed by atoms with Gasteiger partial charge in [-0.3, -0.25) is 0 Å². The highest BCUT2D eigenvalue weighted by molar-refractivity contribution is 6.35. The minimum Gasteiger partial charge on any atom is -1.00 e. The molecule has 80 valence electrons. The second-order valence-corrected chi connectivity index (χ2v) is 5.01. The minimum absolute atomic E-state index is 0. The lowest BCUT2D eigenvalue weighted by Gasteiger charge is -2.33. The molecule has 0 amide bonds. The largest absolute Gasteiger partial charge is 1.00 e. The Bertz CT molecular complexity index is 272. The molecule has 0 radical (unpaired) electrons. The summed E-state index contributed by atoms with van der Waals surface area (Å²) >= 11 is 6.36. The highest BCUT2D eigenvalue weighted by Gasteiger charge is 2.65. The summed E-state index contributed by atoms with van der Waals surface area (Å²) in [6.07, 6.45) is 2.97. The molecule has 0 bridgehead atoms. The van der Waals surface area contributed by atoms with Gasteiger partial charge in [-0.05, 0) is 12.8 Å². The van der Waals surface area contributed by atoms with Crippen molar-refractivity contribution in [3.8, 4) is 0 Å². The molecule has 3 nitrogen and oxygen atoms in total. The first-order valence-electron chi connectivity index (χ1n) is 4.96.